The van der Waals surface area contributed by atoms with Crippen LogP contribution in [0.1, 0.15) is 0 Å². The molecule has 86 valence electrons. The Morgan fingerprint density at radius 3 is 2.75 bits per heavy atom. The molecule has 4 N–H and O–H groups in total. The molecule has 0 heterocycles. The summed E-state index contributed by atoms with van der Waals surface area (Å²) in [4.78, 5) is 21.3. The van der Waals surface area contributed by atoms with Crippen molar-refractivity contribution in [3.05, 3.63) is 29.3 Å². The Kier molecular flexibility index (Phi) is 4.41. The van der Waals surface area contributed by atoms with Crippen molar-refractivity contribution in [2.45, 2.75) is 0 Å². The SMILES string of the molecule is NC(=O)NNC(=O)COc1cccc(Cl)c1. The lowest BCUT2D eigenvalue weighted by Crippen LogP contribution is -2.46. The minimum absolute atomic E-state index is 0.249. The Hall–Kier alpha value is -1.95. The lowest BCUT2D eigenvalue weighted by Gasteiger charge is -2.07. The molecule has 6 nitrogen and oxygen atoms in total. The summed E-state index contributed by atoms with van der Waals surface area (Å²) in [6, 6.07) is 5.74. The zero-order valence-electron chi connectivity index (χ0n) is 8.20. The van der Waals surface area contributed by atoms with Gasteiger partial charge in [-0.1, -0.05) is 17.7 Å². The summed E-state index contributed by atoms with van der Waals surface area (Å²) in [6.07, 6.45) is 0. The van der Waals surface area contributed by atoms with Gasteiger partial charge in [-0.05, 0) is 18.2 Å². The molecule has 0 unspecified atom stereocenters. The molecule has 0 aliphatic heterocycles. The standard InChI is InChI=1S/C9H10ClN3O3/c10-6-2-1-3-7(4-6)16-5-8(14)12-13-9(11)15/h1-4H,5H2,(H,12,14)(H3,11,13,15). The quantitative estimate of drug-likeness (QED) is 0.672. The molecule has 7 heteroatoms. The van der Waals surface area contributed by atoms with Crippen molar-refractivity contribution in [2.75, 3.05) is 6.61 Å². The third-order valence-corrected chi connectivity index (χ3v) is 1.73. The van der Waals surface area contributed by atoms with Gasteiger partial charge in [0.25, 0.3) is 5.91 Å². The van der Waals surface area contributed by atoms with E-state index in [1.807, 2.05) is 10.9 Å². The van der Waals surface area contributed by atoms with E-state index in [1.54, 1.807) is 24.3 Å². The number of hydrogen-bond acceptors (Lipinski definition) is 3. The number of hydrogen-bond donors (Lipinski definition) is 3. The number of ether oxygens (including phenoxy) is 1. The molecule has 0 fully saturated rings. The van der Waals surface area contributed by atoms with Crippen LogP contribution in [0.25, 0.3) is 0 Å². The summed E-state index contributed by atoms with van der Waals surface area (Å²) < 4.78 is 5.09. The summed E-state index contributed by atoms with van der Waals surface area (Å²) >= 11 is 5.71. The molecule has 1 rings (SSSR count). The summed E-state index contributed by atoms with van der Waals surface area (Å²) in [5.74, 6) is -0.0690. The van der Waals surface area contributed by atoms with Crippen LogP contribution in [-0.2, 0) is 4.79 Å². The number of urea groups is 1. The van der Waals surface area contributed by atoms with Crippen LogP contribution in [0.5, 0.6) is 5.75 Å². The van der Waals surface area contributed by atoms with Gasteiger partial charge in [-0.3, -0.25) is 10.2 Å². The third-order valence-electron chi connectivity index (χ3n) is 1.49. The normalized spacial score (nSPS) is 9.31. The number of nitrogens with two attached hydrogens (primary N) is 1. The van der Waals surface area contributed by atoms with E-state index in [2.05, 4.69) is 0 Å². The Balaban J connectivity index is 2.34. The van der Waals surface area contributed by atoms with Gasteiger partial charge in [0.2, 0.25) is 0 Å². The van der Waals surface area contributed by atoms with Gasteiger partial charge in [0, 0.05) is 5.02 Å². The summed E-state index contributed by atoms with van der Waals surface area (Å²) in [5, 5.41) is 0.508. The molecule has 0 radical (unpaired) electrons. The van der Waals surface area contributed by atoms with Crippen LogP contribution in [0.2, 0.25) is 5.02 Å². The minimum atomic E-state index is -0.851. The Labute approximate surface area is 96.7 Å². The van der Waals surface area contributed by atoms with E-state index in [-0.39, 0.29) is 6.61 Å². The lowest BCUT2D eigenvalue weighted by molar-refractivity contribution is -0.123. The molecular formula is C9H10ClN3O3. The van der Waals surface area contributed by atoms with E-state index in [0.29, 0.717) is 10.8 Å². The fourth-order valence-corrected chi connectivity index (χ4v) is 1.05. The van der Waals surface area contributed by atoms with Crippen LogP contribution < -0.4 is 21.3 Å². The predicted molar refractivity (Wildman–Crippen MR) is 57.8 cm³/mol. The average molecular weight is 244 g/mol. The van der Waals surface area contributed by atoms with Crippen molar-refractivity contribution < 1.29 is 14.3 Å². The van der Waals surface area contributed by atoms with Crippen molar-refractivity contribution in [3.8, 4) is 5.75 Å². The molecule has 1 aromatic rings. The fraction of sp³-hybridized carbons (Fsp3) is 0.111. The van der Waals surface area contributed by atoms with Gasteiger partial charge >= 0.3 is 6.03 Å². The summed E-state index contributed by atoms with van der Waals surface area (Å²) in [7, 11) is 0. The summed E-state index contributed by atoms with van der Waals surface area (Å²) in [6.45, 7) is -0.249. The van der Waals surface area contributed by atoms with Crippen molar-refractivity contribution in [1.82, 2.24) is 10.9 Å². The lowest BCUT2D eigenvalue weighted by atomic mass is 10.3. The predicted octanol–water partition coefficient (Wildman–Crippen LogP) is 0.418. The van der Waals surface area contributed by atoms with Crippen LogP contribution >= 0.6 is 11.6 Å². The van der Waals surface area contributed by atoms with Crippen LogP contribution in [-0.4, -0.2) is 18.5 Å². The smallest absolute Gasteiger partial charge is 0.330 e. The van der Waals surface area contributed by atoms with E-state index >= 15 is 0 Å². The van der Waals surface area contributed by atoms with Crippen LogP contribution in [0.3, 0.4) is 0 Å². The number of halogens is 1. The largest absolute Gasteiger partial charge is 0.484 e. The number of primary amides is 1. The first-order valence-corrected chi connectivity index (χ1v) is 4.68. The molecule has 0 spiro atoms. The zero-order valence-corrected chi connectivity index (χ0v) is 8.95. The van der Waals surface area contributed by atoms with Crippen molar-refractivity contribution in [2.24, 2.45) is 5.73 Å². The molecular weight excluding hydrogens is 234 g/mol. The number of rotatable bonds is 3. The molecule has 0 saturated carbocycles. The average Bonchev–Trinajstić information content (AvgIpc) is 2.23. The van der Waals surface area contributed by atoms with Crippen LogP contribution in [0.15, 0.2) is 24.3 Å². The first-order valence-electron chi connectivity index (χ1n) is 4.30. The number of benzene rings is 1. The third kappa shape index (κ3) is 4.52. The Bertz CT molecular complexity index is 397. The molecule has 0 aromatic heterocycles. The summed E-state index contributed by atoms with van der Waals surface area (Å²) in [5.41, 5.74) is 8.72. The second-order valence-corrected chi connectivity index (χ2v) is 3.22. The monoisotopic (exact) mass is 243 g/mol. The maximum Gasteiger partial charge on any atom is 0.330 e. The molecule has 0 bridgehead atoms. The van der Waals surface area contributed by atoms with Gasteiger partial charge in [0.05, 0.1) is 0 Å². The van der Waals surface area contributed by atoms with E-state index in [9.17, 15) is 9.59 Å². The van der Waals surface area contributed by atoms with Gasteiger partial charge in [0.1, 0.15) is 5.75 Å². The molecule has 0 atom stereocenters. The van der Waals surface area contributed by atoms with Crippen molar-refractivity contribution >= 4 is 23.5 Å². The zero-order chi connectivity index (χ0) is 12.0. The van der Waals surface area contributed by atoms with E-state index in [4.69, 9.17) is 22.1 Å². The van der Waals surface area contributed by atoms with Gasteiger partial charge in [-0.25, -0.2) is 10.2 Å². The first-order chi connectivity index (χ1) is 7.58. The second-order valence-electron chi connectivity index (χ2n) is 2.78. The topological polar surface area (TPSA) is 93.5 Å². The van der Waals surface area contributed by atoms with E-state index in [0.717, 1.165) is 0 Å². The molecule has 0 aliphatic rings. The van der Waals surface area contributed by atoms with Crippen molar-refractivity contribution in [3.63, 3.8) is 0 Å². The number of amides is 3. The maximum absolute atomic E-state index is 11.1. The molecule has 16 heavy (non-hydrogen) atoms. The number of carbonyl (C=O) groups excluding carboxylic acids is 2. The van der Waals surface area contributed by atoms with Gasteiger partial charge in [0.15, 0.2) is 6.61 Å². The molecule has 0 saturated heterocycles. The van der Waals surface area contributed by atoms with Gasteiger partial charge in [-0.15, -0.1) is 0 Å². The Morgan fingerprint density at radius 1 is 1.38 bits per heavy atom. The van der Waals surface area contributed by atoms with Crippen LogP contribution in [0.4, 0.5) is 4.79 Å². The highest BCUT2D eigenvalue weighted by molar-refractivity contribution is 6.30. The molecule has 3 amide bonds. The number of carbonyl (C=O) groups is 2. The van der Waals surface area contributed by atoms with Crippen molar-refractivity contribution in [1.29, 1.82) is 0 Å². The van der Waals surface area contributed by atoms with Crippen LogP contribution in [0, 0.1) is 0 Å². The van der Waals surface area contributed by atoms with E-state index < -0.39 is 11.9 Å². The number of hydrazine groups is 1. The molecule has 0 aliphatic carbocycles. The van der Waals surface area contributed by atoms with Gasteiger partial charge < -0.3 is 10.5 Å². The first kappa shape index (κ1) is 12.1. The highest BCUT2D eigenvalue weighted by atomic mass is 35.5. The highest BCUT2D eigenvalue weighted by Gasteiger charge is 2.03. The second kappa shape index (κ2) is 5.82. The van der Waals surface area contributed by atoms with Gasteiger partial charge in [-0.2, -0.15) is 0 Å². The maximum atomic E-state index is 11.1. The Morgan fingerprint density at radius 2 is 2.12 bits per heavy atom. The fourth-order valence-electron chi connectivity index (χ4n) is 0.873. The van der Waals surface area contributed by atoms with E-state index in [1.165, 1.54) is 0 Å². The number of nitrogens with one attached hydrogen (secondary N) is 2. The minimum Gasteiger partial charge on any atom is -0.484 e. The molecule has 1 aromatic carbocycles. The highest BCUT2D eigenvalue weighted by Crippen LogP contribution is 2.16.